The standard InChI is InChI=1S/C39H59N3O2/c1-24(2)20-27-12-11-13-29-30-15-14-26(31(23-40-25(3)4)35(30)44-34(27)29)21-32(37(5,6)7)33-17-19-39(42-33)18-16-28(36(39)43)22-41-38(8,9)10/h11-15,24-25,28,32-33,40-42H,16-23H2,1-10H3/t28?,32-,33?,39?/m1/s1. The maximum atomic E-state index is 13.8. The van der Waals surface area contributed by atoms with Crippen LogP contribution in [0.3, 0.4) is 0 Å². The Kier molecular flexibility index (Phi) is 9.44. The highest BCUT2D eigenvalue weighted by atomic mass is 16.3. The molecule has 2 heterocycles. The van der Waals surface area contributed by atoms with Crippen molar-refractivity contribution in [3.8, 4) is 0 Å². The molecule has 2 fully saturated rings. The van der Waals surface area contributed by atoms with Crippen molar-refractivity contribution in [1.29, 1.82) is 0 Å². The normalized spacial score (nSPS) is 23.8. The molecule has 5 nitrogen and oxygen atoms in total. The Balaban J connectivity index is 1.46. The summed E-state index contributed by atoms with van der Waals surface area (Å²) in [7, 11) is 0. The Morgan fingerprint density at radius 3 is 2.27 bits per heavy atom. The highest BCUT2D eigenvalue weighted by Gasteiger charge is 2.53. The predicted octanol–water partition coefficient (Wildman–Crippen LogP) is 8.35. The Morgan fingerprint density at radius 1 is 0.909 bits per heavy atom. The third kappa shape index (κ3) is 6.95. The first-order valence-electron chi connectivity index (χ1n) is 17.3. The van der Waals surface area contributed by atoms with Gasteiger partial charge in [-0.3, -0.25) is 4.79 Å². The zero-order chi connectivity index (χ0) is 32.0. The van der Waals surface area contributed by atoms with E-state index < -0.39 is 0 Å². The zero-order valence-electron chi connectivity index (χ0n) is 29.2. The van der Waals surface area contributed by atoms with Crippen molar-refractivity contribution in [2.75, 3.05) is 6.54 Å². The van der Waals surface area contributed by atoms with Crippen molar-refractivity contribution in [3.63, 3.8) is 0 Å². The third-order valence-corrected chi connectivity index (χ3v) is 10.3. The van der Waals surface area contributed by atoms with Crippen LogP contribution < -0.4 is 16.0 Å². The van der Waals surface area contributed by atoms with Crippen LogP contribution >= 0.6 is 0 Å². The first kappa shape index (κ1) is 33.2. The lowest BCUT2D eigenvalue weighted by atomic mass is 9.72. The number of hydrogen-bond donors (Lipinski definition) is 3. The SMILES string of the molecule is CC(C)Cc1cccc2c1oc1c(CNC(C)C)c(C[C@H](C3CCC4(CCC(CNC(C)(C)C)C4=O)N3)C(C)(C)C)ccc12. The van der Waals surface area contributed by atoms with Crippen molar-refractivity contribution in [1.82, 2.24) is 16.0 Å². The van der Waals surface area contributed by atoms with E-state index in [1.54, 1.807) is 0 Å². The molecule has 5 heteroatoms. The lowest BCUT2D eigenvalue weighted by molar-refractivity contribution is -0.125. The van der Waals surface area contributed by atoms with E-state index in [9.17, 15) is 4.79 Å². The number of furan rings is 1. The van der Waals surface area contributed by atoms with Crippen molar-refractivity contribution in [2.45, 2.75) is 137 Å². The molecule has 5 rings (SSSR count). The lowest BCUT2D eigenvalue weighted by Gasteiger charge is -2.38. The summed E-state index contributed by atoms with van der Waals surface area (Å²) in [5.41, 5.74) is 5.77. The van der Waals surface area contributed by atoms with E-state index in [0.717, 1.165) is 62.8 Å². The first-order valence-corrected chi connectivity index (χ1v) is 17.3. The fourth-order valence-corrected chi connectivity index (χ4v) is 7.88. The van der Waals surface area contributed by atoms with Gasteiger partial charge < -0.3 is 20.4 Å². The Bertz CT molecular complexity index is 1470. The molecule has 2 aliphatic rings. The number of carbonyl (C=O) groups excluding carboxylic acids is 1. The first-order chi connectivity index (χ1) is 20.6. The summed E-state index contributed by atoms with van der Waals surface area (Å²) in [5, 5.41) is 13.7. The Labute approximate surface area is 266 Å². The van der Waals surface area contributed by atoms with E-state index in [1.165, 1.54) is 27.5 Å². The second-order valence-electron chi connectivity index (χ2n) is 16.9. The molecule has 3 unspecified atom stereocenters. The molecule has 44 heavy (non-hydrogen) atoms. The van der Waals surface area contributed by atoms with Gasteiger partial charge in [-0.05, 0) is 87.7 Å². The molecule has 0 radical (unpaired) electrons. The molecule has 242 valence electrons. The number of hydrogen-bond acceptors (Lipinski definition) is 5. The van der Waals surface area contributed by atoms with Crippen LogP contribution in [0.1, 0.15) is 112 Å². The van der Waals surface area contributed by atoms with Gasteiger partial charge in [0.25, 0.3) is 0 Å². The summed E-state index contributed by atoms with van der Waals surface area (Å²) in [4.78, 5) is 13.8. The molecular weight excluding hydrogens is 542 g/mol. The molecular formula is C39H59N3O2. The number of ketones is 1. The number of nitrogens with one attached hydrogen (secondary N) is 3. The van der Waals surface area contributed by atoms with Gasteiger partial charge in [0.1, 0.15) is 11.2 Å². The summed E-state index contributed by atoms with van der Waals surface area (Å²) in [6.45, 7) is 24.2. The maximum absolute atomic E-state index is 13.8. The molecule has 1 saturated heterocycles. The van der Waals surface area contributed by atoms with Crippen molar-refractivity contribution in [2.24, 2.45) is 23.2 Å². The minimum absolute atomic E-state index is 0.0259. The van der Waals surface area contributed by atoms with Gasteiger partial charge in [0.15, 0.2) is 5.78 Å². The Hall–Kier alpha value is -2.21. The fraction of sp³-hybridized carbons (Fsp3) is 0.667. The molecule has 4 atom stereocenters. The molecule has 1 aliphatic heterocycles. The number of para-hydroxylation sites is 1. The quantitative estimate of drug-likeness (QED) is 0.218. The summed E-state index contributed by atoms with van der Waals surface area (Å²) < 4.78 is 6.82. The topological polar surface area (TPSA) is 66.3 Å². The molecule has 1 saturated carbocycles. The van der Waals surface area contributed by atoms with Gasteiger partial charge in [-0.25, -0.2) is 0 Å². The predicted molar refractivity (Wildman–Crippen MR) is 185 cm³/mol. The van der Waals surface area contributed by atoms with E-state index in [-0.39, 0.29) is 22.4 Å². The summed E-state index contributed by atoms with van der Waals surface area (Å²) in [6, 6.07) is 12.0. The number of rotatable bonds is 10. The van der Waals surface area contributed by atoms with Gasteiger partial charge in [-0.15, -0.1) is 0 Å². The van der Waals surface area contributed by atoms with Crippen LogP contribution in [0.5, 0.6) is 0 Å². The molecule has 0 bridgehead atoms. The van der Waals surface area contributed by atoms with Crippen LogP contribution in [0, 0.1) is 23.2 Å². The van der Waals surface area contributed by atoms with Crippen LogP contribution in [0.15, 0.2) is 34.7 Å². The monoisotopic (exact) mass is 601 g/mol. The molecule has 0 amide bonds. The molecule has 1 aliphatic carbocycles. The minimum atomic E-state index is -0.351. The average molecular weight is 602 g/mol. The van der Waals surface area contributed by atoms with Crippen molar-refractivity contribution in [3.05, 3.63) is 47.0 Å². The number of fused-ring (bicyclic) bond motifs is 3. The van der Waals surface area contributed by atoms with Crippen molar-refractivity contribution < 1.29 is 9.21 Å². The summed E-state index contributed by atoms with van der Waals surface area (Å²) in [5.74, 6) is 1.50. The molecule has 1 spiro atoms. The summed E-state index contributed by atoms with van der Waals surface area (Å²) in [6.07, 6.45) is 5.92. The largest absolute Gasteiger partial charge is 0.455 e. The van der Waals surface area contributed by atoms with Crippen LogP contribution in [-0.4, -0.2) is 35.5 Å². The lowest BCUT2D eigenvalue weighted by Crippen LogP contribution is -2.52. The van der Waals surface area contributed by atoms with E-state index in [4.69, 9.17) is 4.42 Å². The molecule has 1 aromatic heterocycles. The average Bonchev–Trinajstić information content (AvgIpc) is 3.60. The van der Waals surface area contributed by atoms with Gasteiger partial charge in [0.05, 0.1) is 5.54 Å². The van der Waals surface area contributed by atoms with E-state index >= 15 is 0 Å². The third-order valence-electron chi connectivity index (χ3n) is 10.3. The second-order valence-corrected chi connectivity index (χ2v) is 16.9. The maximum Gasteiger partial charge on any atom is 0.157 e. The molecule has 3 aromatic rings. The van der Waals surface area contributed by atoms with Gasteiger partial charge in [0, 0.05) is 53.0 Å². The fourth-order valence-electron chi connectivity index (χ4n) is 7.88. The van der Waals surface area contributed by atoms with E-state index in [2.05, 4.69) is 116 Å². The number of carbonyl (C=O) groups is 1. The van der Waals surface area contributed by atoms with Gasteiger partial charge in [-0.1, -0.05) is 78.8 Å². The van der Waals surface area contributed by atoms with Crippen LogP contribution in [0.25, 0.3) is 21.9 Å². The van der Waals surface area contributed by atoms with Crippen molar-refractivity contribution >= 4 is 27.7 Å². The van der Waals surface area contributed by atoms with Gasteiger partial charge in [-0.2, -0.15) is 0 Å². The van der Waals surface area contributed by atoms with Gasteiger partial charge >= 0.3 is 0 Å². The van der Waals surface area contributed by atoms with E-state index in [1.807, 2.05) is 0 Å². The Morgan fingerprint density at radius 2 is 1.61 bits per heavy atom. The molecule has 3 N–H and O–H groups in total. The number of Topliss-reactive ketones (excluding diaryl/α,β-unsaturated/α-hetero) is 1. The van der Waals surface area contributed by atoms with E-state index in [0.29, 0.717) is 29.7 Å². The van der Waals surface area contributed by atoms with Crippen LogP contribution in [0.2, 0.25) is 0 Å². The minimum Gasteiger partial charge on any atom is -0.455 e. The smallest absolute Gasteiger partial charge is 0.157 e. The summed E-state index contributed by atoms with van der Waals surface area (Å²) >= 11 is 0. The highest BCUT2D eigenvalue weighted by Crippen LogP contribution is 2.45. The van der Waals surface area contributed by atoms with Crippen LogP contribution in [-0.2, 0) is 24.2 Å². The van der Waals surface area contributed by atoms with Gasteiger partial charge in [0.2, 0.25) is 0 Å². The highest BCUT2D eigenvalue weighted by molar-refractivity contribution is 6.07. The second kappa shape index (κ2) is 12.5. The zero-order valence-corrected chi connectivity index (χ0v) is 29.2. The van der Waals surface area contributed by atoms with Crippen LogP contribution in [0.4, 0.5) is 0 Å². The number of benzene rings is 2. The molecule has 2 aromatic carbocycles.